The minimum absolute atomic E-state index is 0.0327. The lowest BCUT2D eigenvalue weighted by atomic mass is 10.1. The van der Waals surface area contributed by atoms with Crippen LogP contribution in [0.3, 0.4) is 0 Å². The third-order valence-electron chi connectivity index (χ3n) is 7.31. The number of ether oxygens (including phenoxy) is 1. The lowest BCUT2D eigenvalue weighted by Gasteiger charge is -2.36. The molecule has 1 aliphatic rings. The molecule has 6 rings (SSSR count). The minimum atomic E-state index is -4.39. The third kappa shape index (κ3) is 5.96. The molecule has 0 spiro atoms. The largest absolute Gasteiger partial charge is 0.423 e. The molecule has 0 radical (unpaired) electrons. The van der Waals surface area contributed by atoms with Gasteiger partial charge in [0, 0.05) is 56.1 Å². The number of benzene rings is 3. The monoisotopic (exact) mass is 598 g/mol. The number of hydrogen-bond acceptors (Lipinski definition) is 9. The molecule has 5 aromatic rings. The zero-order valence-corrected chi connectivity index (χ0v) is 23.4. The number of halogens is 3. The number of anilines is 4. The molecule has 3 heterocycles. The average molecular weight is 599 g/mol. The lowest BCUT2D eigenvalue weighted by molar-refractivity contribution is -0.137. The topological polar surface area (TPSA) is 112 Å². The van der Waals surface area contributed by atoms with Gasteiger partial charge in [0.2, 0.25) is 11.9 Å². The van der Waals surface area contributed by atoms with Gasteiger partial charge in [-0.15, -0.1) is 0 Å². The van der Waals surface area contributed by atoms with Gasteiger partial charge in [0.15, 0.2) is 0 Å². The normalized spacial score (nSPS) is 13.5. The maximum Gasteiger partial charge on any atom is 0.416 e. The molecule has 10 nitrogen and oxygen atoms in total. The maximum absolute atomic E-state index is 13.0. The van der Waals surface area contributed by atoms with Crippen LogP contribution in [0.1, 0.15) is 11.1 Å². The Bertz CT molecular complexity index is 1910. The highest BCUT2D eigenvalue weighted by atomic mass is 19.4. The molecule has 2 aromatic heterocycles. The Kier molecular flexibility index (Phi) is 7.48. The van der Waals surface area contributed by atoms with Gasteiger partial charge in [0.1, 0.15) is 5.75 Å². The Morgan fingerprint density at radius 3 is 2.25 bits per heavy atom. The quantitative estimate of drug-likeness (QED) is 0.272. The summed E-state index contributed by atoms with van der Waals surface area (Å²) in [6.45, 7) is 2.00. The van der Waals surface area contributed by atoms with Crippen molar-refractivity contribution < 1.29 is 17.9 Å². The van der Waals surface area contributed by atoms with Crippen LogP contribution in [0, 0.1) is 11.3 Å². The van der Waals surface area contributed by atoms with E-state index < -0.39 is 11.7 Å². The van der Waals surface area contributed by atoms with Crippen LogP contribution in [0.2, 0.25) is 0 Å². The molecule has 44 heavy (non-hydrogen) atoms. The number of nitriles is 1. The van der Waals surface area contributed by atoms with Crippen molar-refractivity contribution in [3.8, 4) is 17.8 Å². The summed E-state index contributed by atoms with van der Waals surface area (Å²) in [6, 6.07) is 22.6. The highest BCUT2D eigenvalue weighted by molar-refractivity contribution is 5.85. The number of pyridine rings is 1. The zero-order valence-electron chi connectivity index (χ0n) is 23.4. The van der Waals surface area contributed by atoms with E-state index in [1.807, 2.05) is 34.1 Å². The smallest absolute Gasteiger partial charge is 0.416 e. The van der Waals surface area contributed by atoms with E-state index in [0.717, 1.165) is 12.1 Å². The van der Waals surface area contributed by atoms with Gasteiger partial charge in [0.25, 0.3) is 5.56 Å². The molecule has 0 unspecified atom stereocenters. The second-order valence-corrected chi connectivity index (χ2v) is 10.1. The van der Waals surface area contributed by atoms with E-state index in [1.165, 1.54) is 22.8 Å². The predicted octanol–water partition coefficient (Wildman–Crippen LogP) is 5.48. The molecular weight excluding hydrogens is 573 g/mol. The Morgan fingerprint density at radius 1 is 0.886 bits per heavy atom. The summed E-state index contributed by atoms with van der Waals surface area (Å²) in [5.41, 5.74) is 1.56. The van der Waals surface area contributed by atoms with Gasteiger partial charge in [-0.2, -0.15) is 33.4 Å². The van der Waals surface area contributed by atoms with Crippen LogP contribution >= 0.6 is 0 Å². The van der Waals surface area contributed by atoms with E-state index in [2.05, 4.69) is 26.3 Å². The van der Waals surface area contributed by atoms with Crippen molar-refractivity contribution in [1.82, 2.24) is 19.5 Å². The Hall–Kier alpha value is -5.64. The summed E-state index contributed by atoms with van der Waals surface area (Å²) in [4.78, 5) is 30.2. The summed E-state index contributed by atoms with van der Waals surface area (Å²) in [7, 11) is 1.68. The predicted molar refractivity (Wildman–Crippen MR) is 159 cm³/mol. The standard InChI is InChI=1S/C31H25F3N8O2/c1-40-25-5-3-2-4-24(25)26(18-27(40)43)44-30-38-28(36-22-10-6-20(19-35)7-11-22)37-29(39-30)42-16-14-41(15-17-42)23-12-8-21(9-13-23)31(32,33)34/h2-13,18H,14-17H2,1H3,(H,36,37,38,39). The number of nitrogens with zero attached hydrogens (tertiary/aromatic N) is 7. The molecular formula is C31H25F3N8O2. The first-order chi connectivity index (χ1) is 21.2. The van der Waals surface area contributed by atoms with Crippen molar-refractivity contribution in [2.45, 2.75) is 6.18 Å². The summed E-state index contributed by atoms with van der Waals surface area (Å²) in [5, 5.41) is 12.9. The van der Waals surface area contributed by atoms with Gasteiger partial charge in [-0.1, -0.05) is 12.1 Å². The summed E-state index contributed by atoms with van der Waals surface area (Å²) in [6.07, 6.45) is -4.39. The number of aromatic nitrogens is 4. The van der Waals surface area contributed by atoms with Crippen LogP contribution in [-0.4, -0.2) is 45.7 Å². The van der Waals surface area contributed by atoms with Gasteiger partial charge >= 0.3 is 12.2 Å². The summed E-state index contributed by atoms with van der Waals surface area (Å²) in [5.74, 6) is 0.802. The Labute approximate surface area is 249 Å². The van der Waals surface area contributed by atoms with Crippen molar-refractivity contribution in [2.75, 3.05) is 41.3 Å². The average Bonchev–Trinajstić information content (AvgIpc) is 3.03. The number of piperazine rings is 1. The molecule has 0 amide bonds. The van der Waals surface area contributed by atoms with E-state index in [-0.39, 0.29) is 23.3 Å². The molecule has 1 fully saturated rings. The molecule has 1 N–H and O–H groups in total. The van der Waals surface area contributed by atoms with Crippen molar-refractivity contribution in [2.24, 2.45) is 7.05 Å². The number of para-hydroxylation sites is 1. The summed E-state index contributed by atoms with van der Waals surface area (Å²) >= 11 is 0. The second-order valence-electron chi connectivity index (χ2n) is 10.1. The molecule has 13 heteroatoms. The van der Waals surface area contributed by atoms with Crippen LogP contribution in [0.15, 0.2) is 83.7 Å². The fourth-order valence-corrected chi connectivity index (χ4v) is 4.93. The fourth-order valence-electron chi connectivity index (χ4n) is 4.93. The summed E-state index contributed by atoms with van der Waals surface area (Å²) < 4.78 is 46.7. The maximum atomic E-state index is 13.0. The number of hydrogen-bond donors (Lipinski definition) is 1. The first-order valence-electron chi connectivity index (χ1n) is 13.6. The molecule has 0 aliphatic carbocycles. The molecule has 1 saturated heterocycles. The van der Waals surface area contributed by atoms with Crippen molar-refractivity contribution in [3.05, 3.63) is 100 Å². The number of nitrogens with one attached hydrogen (secondary N) is 1. The van der Waals surface area contributed by atoms with Gasteiger partial charge < -0.3 is 24.4 Å². The van der Waals surface area contributed by atoms with E-state index >= 15 is 0 Å². The lowest BCUT2D eigenvalue weighted by Crippen LogP contribution is -2.47. The van der Waals surface area contributed by atoms with Crippen LogP contribution in [-0.2, 0) is 13.2 Å². The van der Waals surface area contributed by atoms with Crippen LogP contribution in [0.25, 0.3) is 10.9 Å². The van der Waals surface area contributed by atoms with E-state index in [4.69, 9.17) is 10.00 Å². The molecule has 3 aromatic carbocycles. The van der Waals surface area contributed by atoms with Gasteiger partial charge in [0.05, 0.1) is 22.7 Å². The number of aryl methyl sites for hydroxylation is 1. The number of rotatable bonds is 6. The van der Waals surface area contributed by atoms with E-state index in [1.54, 1.807) is 31.3 Å². The van der Waals surface area contributed by atoms with E-state index in [9.17, 15) is 18.0 Å². The molecule has 1 aliphatic heterocycles. The highest BCUT2D eigenvalue weighted by Gasteiger charge is 2.30. The molecule has 0 bridgehead atoms. The first-order valence-corrected chi connectivity index (χ1v) is 13.6. The highest BCUT2D eigenvalue weighted by Crippen LogP contribution is 2.32. The zero-order chi connectivity index (χ0) is 30.8. The first kappa shape index (κ1) is 28.5. The van der Waals surface area contributed by atoms with Gasteiger partial charge in [-0.05, 0) is 60.7 Å². The molecule has 0 saturated carbocycles. The van der Waals surface area contributed by atoms with Crippen LogP contribution < -0.4 is 25.4 Å². The molecule has 222 valence electrons. The Balaban J connectivity index is 1.29. The number of fused-ring (bicyclic) bond motifs is 1. The van der Waals surface area contributed by atoms with E-state index in [0.29, 0.717) is 60.0 Å². The fraction of sp³-hybridized carbons (Fsp3) is 0.194. The number of alkyl halides is 3. The van der Waals surface area contributed by atoms with Crippen LogP contribution in [0.4, 0.5) is 36.4 Å². The SMILES string of the molecule is Cn1c(=O)cc(Oc2nc(Nc3ccc(C#N)cc3)nc(N3CCN(c4ccc(C(F)(F)F)cc4)CC3)n2)c2ccccc21. The second kappa shape index (κ2) is 11.6. The van der Waals surface area contributed by atoms with Gasteiger partial charge in [-0.3, -0.25) is 4.79 Å². The van der Waals surface area contributed by atoms with Crippen molar-refractivity contribution >= 4 is 34.2 Å². The Morgan fingerprint density at radius 2 is 1.57 bits per heavy atom. The van der Waals surface area contributed by atoms with Crippen molar-refractivity contribution in [1.29, 1.82) is 5.26 Å². The van der Waals surface area contributed by atoms with Gasteiger partial charge in [-0.25, -0.2) is 0 Å². The third-order valence-corrected chi connectivity index (χ3v) is 7.31. The van der Waals surface area contributed by atoms with Crippen molar-refractivity contribution in [3.63, 3.8) is 0 Å². The van der Waals surface area contributed by atoms with Crippen LogP contribution in [0.5, 0.6) is 11.8 Å². The molecule has 0 atom stereocenters. The minimum Gasteiger partial charge on any atom is -0.423 e.